The number of β-amino-alcohol motifs (C(OH)–C–C–N with tert-alkyl or cyclic N) is 1. The Morgan fingerprint density at radius 1 is 1.67 bits per heavy atom. The van der Waals surface area contributed by atoms with Crippen LogP contribution in [0.15, 0.2) is 18.3 Å². The Balaban J connectivity index is 2.18. The van der Waals surface area contributed by atoms with Crippen molar-refractivity contribution < 1.29 is 9.90 Å². The predicted octanol–water partition coefficient (Wildman–Crippen LogP) is 0.597. The van der Waals surface area contributed by atoms with Crippen LogP contribution in [0.4, 0.5) is 0 Å². The molecular weight excluding hydrogens is 192 g/mol. The lowest BCUT2D eigenvalue weighted by molar-refractivity contribution is 0.0758. The summed E-state index contributed by atoms with van der Waals surface area (Å²) in [6.07, 6.45) is 1.91. The monoisotopic (exact) mass is 206 g/mol. The molecule has 0 unspecified atom stereocenters. The summed E-state index contributed by atoms with van der Waals surface area (Å²) in [5, 5.41) is 9.35. The number of carbonyl (C=O) groups excluding carboxylic acids is 1. The van der Waals surface area contributed by atoms with Crippen molar-refractivity contribution in [2.75, 3.05) is 13.1 Å². The molecule has 0 aromatic carbocycles. The van der Waals surface area contributed by atoms with Crippen molar-refractivity contribution in [1.82, 2.24) is 9.88 Å². The van der Waals surface area contributed by atoms with Gasteiger partial charge in [-0.2, -0.15) is 0 Å². The van der Waals surface area contributed by atoms with E-state index in [1.165, 1.54) is 0 Å². The highest BCUT2D eigenvalue weighted by Gasteiger charge is 2.26. The molecular formula is C11H14N2O2. The molecule has 80 valence electrons. The van der Waals surface area contributed by atoms with Crippen molar-refractivity contribution >= 4 is 5.91 Å². The number of hydrogen-bond acceptors (Lipinski definition) is 3. The summed E-state index contributed by atoms with van der Waals surface area (Å²) < 4.78 is 0. The van der Waals surface area contributed by atoms with E-state index < -0.39 is 0 Å². The number of nitrogens with zero attached hydrogens (tertiary/aromatic N) is 2. The van der Waals surface area contributed by atoms with Gasteiger partial charge in [0, 0.05) is 19.3 Å². The van der Waals surface area contributed by atoms with E-state index >= 15 is 0 Å². The molecule has 0 spiro atoms. The molecule has 1 aromatic rings. The Kier molecular flexibility index (Phi) is 2.68. The zero-order valence-corrected chi connectivity index (χ0v) is 8.68. The number of amides is 1. The van der Waals surface area contributed by atoms with Crippen LogP contribution in [-0.2, 0) is 0 Å². The minimum absolute atomic E-state index is 0.0790. The average Bonchev–Trinajstić information content (AvgIpc) is 2.65. The van der Waals surface area contributed by atoms with E-state index in [4.69, 9.17) is 0 Å². The van der Waals surface area contributed by atoms with Crippen molar-refractivity contribution in [2.24, 2.45) is 0 Å². The van der Waals surface area contributed by atoms with Crippen LogP contribution < -0.4 is 0 Å². The fourth-order valence-electron chi connectivity index (χ4n) is 1.79. The molecule has 4 heteroatoms. The first-order valence-electron chi connectivity index (χ1n) is 5.07. The van der Waals surface area contributed by atoms with Crippen LogP contribution in [0, 0.1) is 6.92 Å². The highest BCUT2D eigenvalue weighted by molar-refractivity contribution is 5.93. The SMILES string of the molecule is Cc1cccnc1C(=O)N1CC[C@H](O)C1. The lowest BCUT2D eigenvalue weighted by atomic mass is 10.2. The smallest absolute Gasteiger partial charge is 0.272 e. The number of carbonyl (C=O) groups is 1. The molecule has 2 heterocycles. The highest BCUT2D eigenvalue weighted by Crippen LogP contribution is 2.14. The fraction of sp³-hybridized carbons (Fsp3) is 0.455. The molecule has 0 saturated carbocycles. The van der Waals surface area contributed by atoms with Gasteiger partial charge in [-0.1, -0.05) is 6.07 Å². The molecule has 1 saturated heterocycles. The average molecular weight is 206 g/mol. The molecule has 1 fully saturated rings. The Bertz CT molecular complexity index is 379. The van der Waals surface area contributed by atoms with Crippen molar-refractivity contribution in [1.29, 1.82) is 0 Å². The van der Waals surface area contributed by atoms with Gasteiger partial charge in [0.25, 0.3) is 5.91 Å². The van der Waals surface area contributed by atoms with Crippen LogP contribution in [0.2, 0.25) is 0 Å². The van der Waals surface area contributed by atoms with Crippen LogP contribution in [0.25, 0.3) is 0 Å². The first-order valence-corrected chi connectivity index (χ1v) is 5.07. The second kappa shape index (κ2) is 3.98. The molecule has 1 atom stereocenters. The number of aryl methyl sites for hydroxylation is 1. The fourth-order valence-corrected chi connectivity index (χ4v) is 1.79. The molecule has 0 aliphatic carbocycles. The van der Waals surface area contributed by atoms with E-state index in [-0.39, 0.29) is 12.0 Å². The predicted molar refractivity (Wildman–Crippen MR) is 55.5 cm³/mol. The lowest BCUT2D eigenvalue weighted by Gasteiger charge is -2.15. The van der Waals surface area contributed by atoms with E-state index in [0.29, 0.717) is 25.2 Å². The van der Waals surface area contributed by atoms with E-state index in [9.17, 15) is 9.90 Å². The summed E-state index contributed by atoms with van der Waals surface area (Å²) in [5.41, 5.74) is 1.37. The van der Waals surface area contributed by atoms with E-state index in [1.54, 1.807) is 11.1 Å². The molecule has 4 nitrogen and oxygen atoms in total. The quantitative estimate of drug-likeness (QED) is 0.732. The van der Waals surface area contributed by atoms with Crippen LogP contribution >= 0.6 is 0 Å². The maximum Gasteiger partial charge on any atom is 0.272 e. The maximum absolute atomic E-state index is 12.0. The largest absolute Gasteiger partial charge is 0.391 e. The van der Waals surface area contributed by atoms with Gasteiger partial charge in [0.1, 0.15) is 5.69 Å². The van der Waals surface area contributed by atoms with Crippen LogP contribution in [-0.4, -0.2) is 40.1 Å². The second-order valence-electron chi connectivity index (χ2n) is 3.86. The number of likely N-dealkylation sites (tertiary alicyclic amines) is 1. The van der Waals surface area contributed by atoms with Crippen LogP contribution in [0.1, 0.15) is 22.5 Å². The standard InChI is InChI=1S/C11H14N2O2/c1-8-3-2-5-12-10(8)11(15)13-6-4-9(14)7-13/h2-3,5,9,14H,4,6-7H2,1H3/t9-/m0/s1. The van der Waals surface area contributed by atoms with Gasteiger partial charge in [-0.05, 0) is 25.0 Å². The van der Waals surface area contributed by atoms with Gasteiger partial charge in [-0.25, -0.2) is 0 Å². The number of rotatable bonds is 1. The minimum Gasteiger partial charge on any atom is -0.391 e. The van der Waals surface area contributed by atoms with Gasteiger partial charge in [-0.15, -0.1) is 0 Å². The van der Waals surface area contributed by atoms with Gasteiger partial charge in [0.15, 0.2) is 0 Å². The maximum atomic E-state index is 12.0. The van der Waals surface area contributed by atoms with Crippen molar-refractivity contribution in [2.45, 2.75) is 19.4 Å². The number of hydrogen-bond donors (Lipinski definition) is 1. The summed E-state index contributed by atoms with van der Waals surface area (Å²) in [6.45, 7) is 2.91. The molecule has 1 aliphatic rings. The third-order valence-corrected chi connectivity index (χ3v) is 2.66. The van der Waals surface area contributed by atoms with Crippen molar-refractivity contribution in [3.05, 3.63) is 29.6 Å². The van der Waals surface area contributed by atoms with Crippen LogP contribution in [0.5, 0.6) is 0 Å². The molecule has 0 radical (unpaired) electrons. The van der Waals surface area contributed by atoms with Crippen molar-refractivity contribution in [3.63, 3.8) is 0 Å². The molecule has 1 amide bonds. The van der Waals surface area contributed by atoms with Crippen molar-refractivity contribution in [3.8, 4) is 0 Å². The Hall–Kier alpha value is -1.42. The van der Waals surface area contributed by atoms with E-state index in [2.05, 4.69) is 4.98 Å². The topological polar surface area (TPSA) is 53.4 Å². The zero-order chi connectivity index (χ0) is 10.8. The van der Waals surface area contributed by atoms with Gasteiger partial charge in [0.2, 0.25) is 0 Å². The summed E-state index contributed by atoms with van der Waals surface area (Å²) in [6, 6.07) is 3.68. The van der Waals surface area contributed by atoms with E-state index in [1.807, 2.05) is 19.1 Å². The first kappa shape index (κ1) is 10.1. The summed E-state index contributed by atoms with van der Waals surface area (Å²) in [7, 11) is 0. The third kappa shape index (κ3) is 1.99. The number of aliphatic hydroxyl groups excluding tert-OH is 1. The number of pyridine rings is 1. The summed E-state index contributed by atoms with van der Waals surface area (Å²) >= 11 is 0. The molecule has 0 bridgehead atoms. The minimum atomic E-state index is -0.377. The molecule has 1 N–H and O–H groups in total. The second-order valence-corrected chi connectivity index (χ2v) is 3.86. The molecule has 2 rings (SSSR count). The third-order valence-electron chi connectivity index (χ3n) is 2.66. The Morgan fingerprint density at radius 2 is 2.47 bits per heavy atom. The lowest BCUT2D eigenvalue weighted by Crippen LogP contribution is -2.30. The number of aromatic nitrogens is 1. The highest BCUT2D eigenvalue weighted by atomic mass is 16.3. The molecule has 1 aromatic heterocycles. The Labute approximate surface area is 88.6 Å². The molecule has 1 aliphatic heterocycles. The van der Waals surface area contributed by atoms with Crippen LogP contribution in [0.3, 0.4) is 0 Å². The number of aliphatic hydroxyl groups is 1. The van der Waals surface area contributed by atoms with Gasteiger partial charge < -0.3 is 10.0 Å². The van der Waals surface area contributed by atoms with E-state index in [0.717, 1.165) is 5.56 Å². The summed E-state index contributed by atoms with van der Waals surface area (Å²) in [4.78, 5) is 17.7. The van der Waals surface area contributed by atoms with Gasteiger partial charge in [-0.3, -0.25) is 9.78 Å². The Morgan fingerprint density at radius 3 is 3.07 bits per heavy atom. The normalized spacial score (nSPS) is 20.7. The molecule has 15 heavy (non-hydrogen) atoms. The first-order chi connectivity index (χ1) is 7.18. The van der Waals surface area contributed by atoms with Gasteiger partial charge >= 0.3 is 0 Å². The van der Waals surface area contributed by atoms with Gasteiger partial charge in [0.05, 0.1) is 6.10 Å². The zero-order valence-electron chi connectivity index (χ0n) is 8.68. The summed E-state index contributed by atoms with van der Waals surface area (Å²) in [5.74, 6) is -0.0790.